The molecule has 2 aromatic rings. The van der Waals surface area contributed by atoms with E-state index in [0.29, 0.717) is 5.92 Å². The molecule has 0 aliphatic rings. The predicted molar refractivity (Wildman–Crippen MR) is 89.0 cm³/mol. The van der Waals surface area contributed by atoms with Crippen LogP contribution < -0.4 is 10.5 Å². The lowest BCUT2D eigenvalue weighted by Gasteiger charge is -2.11. The topological polar surface area (TPSA) is 35.2 Å². The Kier molecular flexibility index (Phi) is 5.40. The van der Waals surface area contributed by atoms with Crippen LogP contribution in [0.2, 0.25) is 0 Å². The fourth-order valence-electron chi connectivity index (χ4n) is 2.30. The van der Waals surface area contributed by atoms with E-state index in [2.05, 4.69) is 38.1 Å². The van der Waals surface area contributed by atoms with Gasteiger partial charge in [-0.25, -0.2) is 0 Å². The molecular formula is C19H25NO. The molecule has 0 saturated carbocycles. The Morgan fingerprint density at radius 2 is 1.43 bits per heavy atom. The molecule has 0 aliphatic heterocycles. The van der Waals surface area contributed by atoms with Gasteiger partial charge in [-0.1, -0.05) is 38.1 Å². The Labute approximate surface area is 127 Å². The highest BCUT2D eigenvalue weighted by atomic mass is 16.5. The number of hydrogen-bond acceptors (Lipinski definition) is 2. The zero-order valence-corrected chi connectivity index (χ0v) is 13.2. The van der Waals surface area contributed by atoms with Crippen molar-refractivity contribution in [2.24, 2.45) is 5.73 Å². The van der Waals surface area contributed by atoms with Gasteiger partial charge in [0.1, 0.15) is 11.5 Å². The van der Waals surface area contributed by atoms with Crippen molar-refractivity contribution in [3.63, 3.8) is 0 Å². The summed E-state index contributed by atoms with van der Waals surface area (Å²) in [6.07, 6.45) is 2.05. The summed E-state index contributed by atoms with van der Waals surface area (Å²) in [4.78, 5) is 0. The quantitative estimate of drug-likeness (QED) is 0.819. The summed E-state index contributed by atoms with van der Waals surface area (Å²) >= 11 is 0. The van der Waals surface area contributed by atoms with E-state index in [1.54, 1.807) is 0 Å². The van der Waals surface area contributed by atoms with Crippen LogP contribution in [0.15, 0.2) is 48.5 Å². The normalized spacial score (nSPS) is 13.7. The molecular weight excluding hydrogens is 258 g/mol. The highest BCUT2D eigenvalue weighted by molar-refractivity contribution is 5.35. The third-order valence-electron chi connectivity index (χ3n) is 3.78. The molecule has 0 bridgehead atoms. The molecule has 2 unspecified atom stereocenters. The highest BCUT2D eigenvalue weighted by Gasteiger charge is 2.04. The molecule has 2 heteroatoms. The second-order valence-corrected chi connectivity index (χ2v) is 5.81. The maximum Gasteiger partial charge on any atom is 0.127 e. The average Bonchev–Trinajstić information content (AvgIpc) is 2.49. The largest absolute Gasteiger partial charge is 0.457 e. The molecule has 2 nitrogen and oxygen atoms in total. The van der Waals surface area contributed by atoms with E-state index in [0.717, 1.165) is 24.3 Å². The van der Waals surface area contributed by atoms with Gasteiger partial charge >= 0.3 is 0 Å². The Balaban J connectivity index is 2.01. The standard InChI is InChI=1S/C19H25NO/c1-4-14(2)17-7-11-19(12-8-17)21-18-9-5-16(6-10-18)13-15(3)20/h5-12,14-15H,4,13,20H2,1-3H3. The molecule has 112 valence electrons. The van der Waals surface area contributed by atoms with Crippen LogP contribution in [-0.4, -0.2) is 6.04 Å². The Morgan fingerprint density at radius 3 is 1.90 bits per heavy atom. The number of ether oxygens (including phenoxy) is 1. The van der Waals surface area contributed by atoms with E-state index in [1.807, 2.05) is 31.2 Å². The minimum atomic E-state index is 0.185. The van der Waals surface area contributed by atoms with Crippen LogP contribution in [0.4, 0.5) is 0 Å². The number of nitrogens with two attached hydrogens (primary N) is 1. The van der Waals surface area contributed by atoms with Crippen molar-refractivity contribution >= 4 is 0 Å². The van der Waals surface area contributed by atoms with Gasteiger partial charge in [0.25, 0.3) is 0 Å². The third-order valence-corrected chi connectivity index (χ3v) is 3.78. The van der Waals surface area contributed by atoms with E-state index >= 15 is 0 Å². The SMILES string of the molecule is CCC(C)c1ccc(Oc2ccc(CC(C)N)cc2)cc1. The maximum atomic E-state index is 5.88. The first-order valence-electron chi connectivity index (χ1n) is 7.70. The zero-order valence-electron chi connectivity index (χ0n) is 13.2. The minimum absolute atomic E-state index is 0.185. The van der Waals surface area contributed by atoms with Gasteiger partial charge in [-0.2, -0.15) is 0 Å². The molecule has 2 N–H and O–H groups in total. The first-order valence-corrected chi connectivity index (χ1v) is 7.70. The molecule has 0 spiro atoms. The smallest absolute Gasteiger partial charge is 0.127 e. The monoisotopic (exact) mass is 283 g/mol. The maximum absolute atomic E-state index is 5.88. The predicted octanol–water partition coefficient (Wildman–Crippen LogP) is 4.88. The summed E-state index contributed by atoms with van der Waals surface area (Å²) in [5.74, 6) is 2.33. The van der Waals surface area contributed by atoms with Crippen LogP contribution in [-0.2, 0) is 6.42 Å². The first kappa shape index (κ1) is 15.6. The molecule has 0 saturated heterocycles. The molecule has 0 heterocycles. The lowest BCUT2D eigenvalue weighted by molar-refractivity contribution is 0.482. The Morgan fingerprint density at radius 1 is 0.905 bits per heavy atom. The van der Waals surface area contributed by atoms with E-state index in [9.17, 15) is 0 Å². The molecule has 2 aromatic carbocycles. The molecule has 0 aliphatic carbocycles. The summed E-state index contributed by atoms with van der Waals surface area (Å²) in [7, 11) is 0. The highest BCUT2D eigenvalue weighted by Crippen LogP contribution is 2.25. The number of benzene rings is 2. The molecule has 0 amide bonds. The van der Waals surface area contributed by atoms with Gasteiger partial charge in [0.05, 0.1) is 0 Å². The summed E-state index contributed by atoms with van der Waals surface area (Å²) in [5, 5.41) is 0. The van der Waals surface area contributed by atoms with Crippen LogP contribution in [0.1, 0.15) is 44.2 Å². The van der Waals surface area contributed by atoms with Crippen molar-refractivity contribution < 1.29 is 4.74 Å². The van der Waals surface area contributed by atoms with Crippen LogP contribution in [0.25, 0.3) is 0 Å². The van der Waals surface area contributed by atoms with Gasteiger partial charge < -0.3 is 10.5 Å². The fraction of sp³-hybridized carbons (Fsp3) is 0.368. The van der Waals surface area contributed by atoms with Crippen molar-refractivity contribution in [2.45, 2.75) is 45.6 Å². The fourth-order valence-corrected chi connectivity index (χ4v) is 2.30. The second-order valence-electron chi connectivity index (χ2n) is 5.81. The average molecular weight is 283 g/mol. The lowest BCUT2D eigenvalue weighted by atomic mass is 9.99. The van der Waals surface area contributed by atoms with E-state index in [1.165, 1.54) is 11.1 Å². The van der Waals surface area contributed by atoms with Gasteiger partial charge in [-0.05, 0) is 61.1 Å². The Hall–Kier alpha value is -1.80. The molecule has 2 rings (SSSR count). The number of hydrogen-bond donors (Lipinski definition) is 1. The molecule has 0 fully saturated rings. The first-order chi connectivity index (χ1) is 10.1. The van der Waals surface area contributed by atoms with Crippen molar-refractivity contribution in [1.29, 1.82) is 0 Å². The third kappa shape index (κ3) is 4.61. The van der Waals surface area contributed by atoms with E-state index < -0.39 is 0 Å². The van der Waals surface area contributed by atoms with Crippen LogP contribution in [0.5, 0.6) is 11.5 Å². The summed E-state index contributed by atoms with van der Waals surface area (Å²) in [5.41, 5.74) is 8.40. The van der Waals surface area contributed by atoms with Crippen molar-refractivity contribution in [3.05, 3.63) is 59.7 Å². The lowest BCUT2D eigenvalue weighted by Crippen LogP contribution is -2.17. The van der Waals surface area contributed by atoms with Gasteiger partial charge in [0.2, 0.25) is 0 Å². The summed E-state index contributed by atoms with van der Waals surface area (Å²) in [6.45, 7) is 6.47. The molecule has 21 heavy (non-hydrogen) atoms. The van der Waals surface area contributed by atoms with Gasteiger partial charge in [0, 0.05) is 6.04 Å². The van der Waals surface area contributed by atoms with Crippen LogP contribution in [0.3, 0.4) is 0 Å². The van der Waals surface area contributed by atoms with Crippen molar-refractivity contribution in [1.82, 2.24) is 0 Å². The van der Waals surface area contributed by atoms with Gasteiger partial charge in [0.15, 0.2) is 0 Å². The van der Waals surface area contributed by atoms with E-state index in [-0.39, 0.29) is 6.04 Å². The van der Waals surface area contributed by atoms with E-state index in [4.69, 9.17) is 10.5 Å². The summed E-state index contributed by atoms with van der Waals surface area (Å²) in [6, 6.07) is 16.7. The molecule has 0 radical (unpaired) electrons. The number of rotatable bonds is 6. The zero-order chi connectivity index (χ0) is 15.2. The molecule has 2 atom stereocenters. The molecule has 0 aromatic heterocycles. The summed E-state index contributed by atoms with van der Waals surface area (Å²) < 4.78 is 5.88. The second kappa shape index (κ2) is 7.28. The Bertz CT molecular complexity index is 543. The van der Waals surface area contributed by atoms with Crippen LogP contribution >= 0.6 is 0 Å². The van der Waals surface area contributed by atoms with Crippen molar-refractivity contribution in [2.75, 3.05) is 0 Å². The van der Waals surface area contributed by atoms with Gasteiger partial charge in [-0.3, -0.25) is 0 Å². The van der Waals surface area contributed by atoms with Crippen molar-refractivity contribution in [3.8, 4) is 11.5 Å². The van der Waals surface area contributed by atoms with Gasteiger partial charge in [-0.15, -0.1) is 0 Å². The minimum Gasteiger partial charge on any atom is -0.457 e. The van der Waals surface area contributed by atoms with Crippen LogP contribution in [0, 0.1) is 0 Å².